The predicted molar refractivity (Wildman–Crippen MR) is 112 cm³/mol. The van der Waals surface area contributed by atoms with Crippen LogP contribution in [0.2, 0.25) is 0 Å². The molecule has 0 aliphatic carbocycles. The van der Waals surface area contributed by atoms with Gasteiger partial charge in [-0.1, -0.05) is 24.3 Å². The summed E-state index contributed by atoms with van der Waals surface area (Å²) in [4.78, 5) is 32.3. The summed E-state index contributed by atoms with van der Waals surface area (Å²) in [5.74, 6) is -0.457. The predicted octanol–water partition coefficient (Wildman–Crippen LogP) is 4.04. The molecule has 0 atom stereocenters. The Balaban J connectivity index is 1.69. The van der Waals surface area contributed by atoms with Crippen LogP contribution in [0.5, 0.6) is 0 Å². The van der Waals surface area contributed by atoms with Crippen LogP contribution in [0.15, 0.2) is 53.3 Å². The molecule has 1 aliphatic rings. The molecule has 0 radical (unpaired) electrons. The average molecular weight is 430 g/mol. The Morgan fingerprint density at radius 1 is 1.00 bits per heavy atom. The molecule has 0 unspecified atom stereocenters. The minimum atomic E-state index is -4.61. The van der Waals surface area contributed by atoms with Crippen LogP contribution < -0.4 is 15.8 Å². The third-order valence-electron chi connectivity index (χ3n) is 5.30. The van der Waals surface area contributed by atoms with E-state index in [0.29, 0.717) is 24.1 Å². The number of nitrogens with zero attached hydrogens (tertiary/aromatic N) is 3. The number of piperidine rings is 1. The molecule has 1 amide bonds. The molecule has 1 aliphatic heterocycles. The van der Waals surface area contributed by atoms with E-state index in [-0.39, 0.29) is 11.5 Å². The molecular weight excluding hydrogens is 409 g/mol. The number of nitrogens with one attached hydrogen (secondary N) is 1. The maximum absolute atomic E-state index is 13.2. The fourth-order valence-electron chi connectivity index (χ4n) is 3.82. The van der Waals surface area contributed by atoms with Gasteiger partial charge in [0.05, 0.1) is 22.3 Å². The van der Waals surface area contributed by atoms with Gasteiger partial charge in [0, 0.05) is 13.1 Å². The van der Waals surface area contributed by atoms with E-state index in [1.165, 1.54) is 22.8 Å². The smallest absolute Gasteiger partial charge is 0.352 e. The number of carbonyl (C=O) groups excluding carboxylic acids is 1. The third-order valence-corrected chi connectivity index (χ3v) is 5.30. The summed E-state index contributed by atoms with van der Waals surface area (Å²) in [6.07, 6.45) is -1.63. The lowest BCUT2D eigenvalue weighted by molar-refractivity contribution is -0.137. The van der Waals surface area contributed by atoms with Crippen molar-refractivity contribution in [2.24, 2.45) is 0 Å². The summed E-state index contributed by atoms with van der Waals surface area (Å²) >= 11 is 0. The molecule has 2 aromatic carbocycles. The fourth-order valence-corrected chi connectivity index (χ4v) is 3.82. The molecule has 6 nitrogen and oxygen atoms in total. The van der Waals surface area contributed by atoms with Crippen LogP contribution in [-0.4, -0.2) is 28.5 Å². The molecule has 3 aromatic rings. The zero-order valence-electron chi connectivity index (χ0n) is 16.7. The van der Waals surface area contributed by atoms with Crippen molar-refractivity contribution < 1.29 is 18.0 Å². The van der Waals surface area contributed by atoms with E-state index in [2.05, 4.69) is 10.3 Å². The number of carbonyl (C=O) groups is 1. The largest absolute Gasteiger partial charge is 0.418 e. The van der Waals surface area contributed by atoms with Crippen LogP contribution >= 0.6 is 0 Å². The second-order valence-electron chi connectivity index (χ2n) is 7.45. The van der Waals surface area contributed by atoms with Crippen molar-refractivity contribution in [1.29, 1.82) is 0 Å². The maximum atomic E-state index is 13.2. The van der Waals surface area contributed by atoms with Gasteiger partial charge < -0.3 is 10.2 Å². The number of fused-ring (bicyclic) bond motifs is 1. The van der Waals surface area contributed by atoms with Crippen LogP contribution in [0.1, 0.15) is 24.8 Å². The molecule has 1 N–H and O–H groups in total. The topological polar surface area (TPSA) is 67.2 Å². The Kier molecular flexibility index (Phi) is 5.67. The molecule has 2 heterocycles. The van der Waals surface area contributed by atoms with Gasteiger partial charge in [-0.15, -0.1) is 0 Å². The van der Waals surface area contributed by atoms with Gasteiger partial charge in [0.2, 0.25) is 5.91 Å². The molecule has 9 heteroatoms. The normalized spacial score (nSPS) is 14.6. The van der Waals surface area contributed by atoms with Gasteiger partial charge in [0.25, 0.3) is 5.56 Å². The van der Waals surface area contributed by atoms with Crippen molar-refractivity contribution in [3.05, 3.63) is 64.4 Å². The van der Waals surface area contributed by atoms with Gasteiger partial charge in [-0.25, -0.2) is 4.98 Å². The average Bonchev–Trinajstić information content (AvgIpc) is 2.76. The van der Waals surface area contributed by atoms with Crippen LogP contribution in [0.25, 0.3) is 11.0 Å². The number of para-hydroxylation sites is 3. The number of benzene rings is 2. The van der Waals surface area contributed by atoms with E-state index in [1.54, 1.807) is 24.3 Å². The summed E-state index contributed by atoms with van der Waals surface area (Å²) in [6.45, 7) is 0.979. The number of rotatable bonds is 4. The highest BCUT2D eigenvalue weighted by molar-refractivity contribution is 5.92. The molecular formula is C22H21F3N4O2. The molecule has 0 saturated carbocycles. The second kappa shape index (κ2) is 8.41. The van der Waals surface area contributed by atoms with Crippen LogP contribution in [0.3, 0.4) is 0 Å². The SMILES string of the molecule is O=C(Cn1c(=O)c(N2CCCCC2)nc2ccccc21)Nc1ccccc1C(F)(F)F. The number of halogens is 3. The first-order valence-corrected chi connectivity index (χ1v) is 10.1. The van der Waals surface area contributed by atoms with E-state index < -0.39 is 29.8 Å². The fraction of sp³-hybridized carbons (Fsp3) is 0.318. The van der Waals surface area contributed by atoms with Crippen molar-refractivity contribution in [3.63, 3.8) is 0 Å². The molecule has 31 heavy (non-hydrogen) atoms. The Morgan fingerprint density at radius 2 is 1.68 bits per heavy atom. The van der Waals surface area contributed by atoms with E-state index in [4.69, 9.17) is 0 Å². The molecule has 4 rings (SSSR count). The number of hydrogen-bond acceptors (Lipinski definition) is 4. The van der Waals surface area contributed by atoms with Gasteiger partial charge in [-0.2, -0.15) is 13.2 Å². The quantitative estimate of drug-likeness (QED) is 0.678. The van der Waals surface area contributed by atoms with Gasteiger partial charge >= 0.3 is 6.18 Å². The van der Waals surface area contributed by atoms with Gasteiger partial charge in [-0.3, -0.25) is 14.2 Å². The first kappa shape index (κ1) is 20.9. The Bertz CT molecular complexity index is 1170. The minimum Gasteiger partial charge on any atom is -0.352 e. The maximum Gasteiger partial charge on any atom is 0.418 e. The van der Waals surface area contributed by atoms with Gasteiger partial charge in [0.15, 0.2) is 5.82 Å². The van der Waals surface area contributed by atoms with Crippen molar-refractivity contribution in [3.8, 4) is 0 Å². The second-order valence-corrected chi connectivity index (χ2v) is 7.45. The van der Waals surface area contributed by atoms with Crippen LogP contribution in [-0.2, 0) is 17.5 Å². The first-order valence-electron chi connectivity index (χ1n) is 10.1. The minimum absolute atomic E-state index is 0.266. The summed E-state index contributed by atoms with van der Waals surface area (Å²) in [6, 6.07) is 11.7. The molecule has 1 aromatic heterocycles. The number of hydrogen-bond donors (Lipinski definition) is 1. The first-order chi connectivity index (χ1) is 14.8. The van der Waals surface area contributed by atoms with Crippen molar-refractivity contribution >= 4 is 28.4 Å². The van der Waals surface area contributed by atoms with Crippen molar-refractivity contribution in [1.82, 2.24) is 9.55 Å². The molecule has 0 bridgehead atoms. The zero-order valence-corrected chi connectivity index (χ0v) is 16.7. The number of aromatic nitrogens is 2. The highest BCUT2D eigenvalue weighted by Gasteiger charge is 2.33. The highest BCUT2D eigenvalue weighted by Crippen LogP contribution is 2.34. The van der Waals surface area contributed by atoms with Crippen molar-refractivity contribution in [2.75, 3.05) is 23.3 Å². The van der Waals surface area contributed by atoms with E-state index in [9.17, 15) is 22.8 Å². The van der Waals surface area contributed by atoms with Crippen LogP contribution in [0.4, 0.5) is 24.7 Å². The van der Waals surface area contributed by atoms with Crippen molar-refractivity contribution in [2.45, 2.75) is 32.0 Å². The number of amides is 1. The third kappa shape index (κ3) is 4.40. The standard InChI is InChI=1S/C22H21F3N4O2/c23-22(24,25)15-8-2-3-9-16(15)26-19(30)14-29-18-11-5-4-10-17(18)27-20(21(29)31)28-12-6-1-7-13-28/h2-5,8-11H,1,6-7,12-14H2,(H,26,30). The highest BCUT2D eigenvalue weighted by atomic mass is 19.4. The van der Waals surface area contributed by atoms with Gasteiger partial charge in [-0.05, 0) is 43.5 Å². The molecule has 1 fully saturated rings. The zero-order chi connectivity index (χ0) is 22.0. The Labute approximate surface area is 176 Å². The van der Waals surface area contributed by atoms with E-state index >= 15 is 0 Å². The molecule has 162 valence electrons. The lowest BCUT2D eigenvalue weighted by Crippen LogP contribution is -2.38. The summed E-state index contributed by atoms with van der Waals surface area (Å²) in [5.41, 5.74) is -0.717. The van der Waals surface area contributed by atoms with E-state index in [1.807, 2.05) is 4.90 Å². The summed E-state index contributed by atoms with van der Waals surface area (Å²) in [7, 11) is 0. The van der Waals surface area contributed by atoms with Crippen LogP contribution in [0, 0.1) is 0 Å². The van der Waals surface area contributed by atoms with E-state index in [0.717, 1.165) is 25.3 Å². The lowest BCUT2D eigenvalue weighted by atomic mass is 10.1. The lowest BCUT2D eigenvalue weighted by Gasteiger charge is -2.27. The monoisotopic (exact) mass is 430 g/mol. The molecule has 0 spiro atoms. The number of anilines is 2. The summed E-state index contributed by atoms with van der Waals surface area (Å²) < 4.78 is 41.0. The Morgan fingerprint density at radius 3 is 2.42 bits per heavy atom. The number of alkyl halides is 3. The summed E-state index contributed by atoms with van der Waals surface area (Å²) in [5, 5.41) is 2.30. The van der Waals surface area contributed by atoms with Gasteiger partial charge in [0.1, 0.15) is 6.54 Å². The Hall–Kier alpha value is -3.36. The molecule has 1 saturated heterocycles.